The van der Waals surface area contributed by atoms with E-state index >= 15 is 0 Å². The van der Waals surface area contributed by atoms with Gasteiger partial charge >= 0.3 is 5.97 Å². The van der Waals surface area contributed by atoms with Gasteiger partial charge in [-0.05, 0) is 19.1 Å². The molecule has 100 valence electrons. The smallest absolute Gasteiger partial charge is 0.335 e. The second-order valence-electron chi connectivity index (χ2n) is 3.91. The van der Waals surface area contributed by atoms with Crippen molar-refractivity contribution in [1.29, 1.82) is 0 Å². The topological polar surface area (TPSA) is 66.4 Å². The molecule has 0 aromatic heterocycles. The van der Waals surface area contributed by atoms with Crippen LogP contribution in [-0.2, 0) is 10.8 Å². The number of carbonyl (C=O) groups is 1. The zero-order chi connectivity index (χ0) is 13.9. The van der Waals surface area contributed by atoms with Gasteiger partial charge in [-0.2, -0.15) is 0 Å². The molecule has 0 radical (unpaired) electrons. The number of halogens is 2. The second-order valence-corrected chi connectivity index (χ2v) is 5.39. The lowest BCUT2D eigenvalue weighted by Gasteiger charge is -2.15. The van der Waals surface area contributed by atoms with Gasteiger partial charge in [0.05, 0.1) is 5.56 Å². The van der Waals surface area contributed by atoms with Gasteiger partial charge in [-0.25, -0.2) is 13.6 Å². The van der Waals surface area contributed by atoms with Crippen LogP contribution in [0.15, 0.2) is 12.1 Å². The minimum atomic E-state index is -1.40. The van der Waals surface area contributed by atoms with Crippen LogP contribution in [0.3, 0.4) is 0 Å². The van der Waals surface area contributed by atoms with Gasteiger partial charge in [0.15, 0.2) is 0 Å². The Hall–Kier alpha value is -1.50. The van der Waals surface area contributed by atoms with Gasteiger partial charge in [0.2, 0.25) is 0 Å². The second kappa shape index (κ2) is 5.90. The van der Waals surface area contributed by atoms with Crippen molar-refractivity contribution >= 4 is 22.5 Å². The van der Waals surface area contributed by atoms with E-state index in [1.165, 1.54) is 6.26 Å². The van der Waals surface area contributed by atoms with E-state index in [2.05, 4.69) is 5.32 Å². The first-order valence-electron chi connectivity index (χ1n) is 5.10. The first-order valence-corrected chi connectivity index (χ1v) is 6.83. The number of anilines is 1. The van der Waals surface area contributed by atoms with Gasteiger partial charge < -0.3 is 10.4 Å². The Kier molecular flexibility index (Phi) is 4.77. The maximum absolute atomic E-state index is 13.5. The van der Waals surface area contributed by atoms with Crippen LogP contribution in [0.1, 0.15) is 17.3 Å². The molecule has 0 fully saturated rings. The van der Waals surface area contributed by atoms with Crippen molar-refractivity contribution in [1.82, 2.24) is 0 Å². The SMILES string of the molecule is CC(CS(C)=O)Nc1c(F)cc(C(=O)O)cc1F. The molecule has 18 heavy (non-hydrogen) atoms. The molecule has 2 atom stereocenters. The van der Waals surface area contributed by atoms with Gasteiger partial charge in [0.1, 0.15) is 17.3 Å². The van der Waals surface area contributed by atoms with Crippen molar-refractivity contribution < 1.29 is 22.9 Å². The van der Waals surface area contributed by atoms with E-state index in [1.807, 2.05) is 0 Å². The lowest BCUT2D eigenvalue weighted by Crippen LogP contribution is -2.23. The highest BCUT2D eigenvalue weighted by Gasteiger charge is 2.16. The summed E-state index contributed by atoms with van der Waals surface area (Å²) in [5.74, 6) is -3.14. The molecule has 7 heteroatoms. The molecule has 4 nitrogen and oxygen atoms in total. The summed E-state index contributed by atoms with van der Waals surface area (Å²) < 4.78 is 38.0. The summed E-state index contributed by atoms with van der Waals surface area (Å²) in [6.07, 6.45) is 1.48. The number of carboxylic acid groups (broad SMARTS) is 1. The van der Waals surface area contributed by atoms with Crippen molar-refractivity contribution in [3.05, 3.63) is 29.3 Å². The number of nitrogens with one attached hydrogen (secondary N) is 1. The molecule has 0 heterocycles. The van der Waals surface area contributed by atoms with Crippen molar-refractivity contribution in [2.45, 2.75) is 13.0 Å². The fourth-order valence-corrected chi connectivity index (χ4v) is 2.26. The number of carboxylic acids is 1. The third kappa shape index (κ3) is 3.76. The van der Waals surface area contributed by atoms with Gasteiger partial charge in [-0.15, -0.1) is 0 Å². The van der Waals surface area contributed by atoms with E-state index in [1.54, 1.807) is 6.92 Å². The van der Waals surface area contributed by atoms with Gasteiger partial charge in [-0.1, -0.05) is 0 Å². The molecule has 0 aliphatic heterocycles. The van der Waals surface area contributed by atoms with Crippen molar-refractivity contribution in [3.8, 4) is 0 Å². The average molecular weight is 277 g/mol. The molecular weight excluding hydrogens is 264 g/mol. The summed E-state index contributed by atoms with van der Waals surface area (Å²) in [6.45, 7) is 1.63. The summed E-state index contributed by atoms with van der Waals surface area (Å²) >= 11 is 0. The van der Waals surface area contributed by atoms with Gasteiger partial charge in [0.25, 0.3) is 0 Å². The van der Waals surface area contributed by atoms with Crippen LogP contribution >= 0.6 is 0 Å². The summed E-state index contributed by atoms with van der Waals surface area (Å²) in [6, 6.07) is 1.09. The molecule has 0 bridgehead atoms. The predicted octanol–water partition coefficient (Wildman–Crippen LogP) is 1.84. The zero-order valence-corrected chi connectivity index (χ0v) is 10.7. The molecule has 0 saturated carbocycles. The standard InChI is InChI=1S/C11H13F2NO3S/c1-6(5-18(2)17)14-10-8(12)3-7(11(15)16)4-9(10)13/h3-4,6,14H,5H2,1-2H3,(H,15,16). The quantitative estimate of drug-likeness (QED) is 0.862. The fourth-order valence-electron chi connectivity index (χ4n) is 1.47. The molecule has 0 saturated heterocycles. The molecule has 2 unspecified atom stereocenters. The van der Waals surface area contributed by atoms with E-state index in [9.17, 15) is 17.8 Å². The number of rotatable bonds is 5. The lowest BCUT2D eigenvalue weighted by atomic mass is 10.1. The van der Waals surface area contributed by atoms with Crippen molar-refractivity contribution in [3.63, 3.8) is 0 Å². The predicted molar refractivity (Wildman–Crippen MR) is 65.3 cm³/mol. The Morgan fingerprint density at radius 2 is 1.94 bits per heavy atom. The lowest BCUT2D eigenvalue weighted by molar-refractivity contribution is 0.0696. The number of benzene rings is 1. The molecule has 1 aromatic carbocycles. The van der Waals surface area contributed by atoms with Crippen LogP contribution in [0.25, 0.3) is 0 Å². The van der Waals surface area contributed by atoms with Crippen molar-refractivity contribution in [2.75, 3.05) is 17.3 Å². The fraction of sp³-hybridized carbons (Fsp3) is 0.364. The monoisotopic (exact) mass is 277 g/mol. The Bertz CT molecular complexity index is 470. The highest BCUT2D eigenvalue weighted by molar-refractivity contribution is 7.84. The number of hydrogen-bond donors (Lipinski definition) is 2. The molecule has 0 spiro atoms. The van der Waals surface area contributed by atoms with E-state index in [0.29, 0.717) is 0 Å². The van der Waals surface area contributed by atoms with E-state index in [-0.39, 0.29) is 5.75 Å². The number of aromatic carboxylic acids is 1. The highest BCUT2D eigenvalue weighted by Crippen LogP contribution is 2.21. The van der Waals surface area contributed by atoms with Crippen molar-refractivity contribution in [2.24, 2.45) is 0 Å². The van der Waals surface area contributed by atoms with Crippen LogP contribution in [-0.4, -0.2) is 33.3 Å². The summed E-state index contributed by atoms with van der Waals surface area (Å²) in [5, 5.41) is 11.2. The molecular formula is C11H13F2NO3S. The van der Waals surface area contributed by atoms with Gasteiger partial charge in [-0.3, -0.25) is 4.21 Å². The Morgan fingerprint density at radius 3 is 2.33 bits per heavy atom. The Balaban J connectivity index is 2.96. The molecule has 0 aliphatic rings. The maximum atomic E-state index is 13.5. The average Bonchev–Trinajstić information content (AvgIpc) is 2.21. The summed E-state index contributed by atoms with van der Waals surface area (Å²) in [7, 11) is -1.10. The van der Waals surface area contributed by atoms with Crippen LogP contribution in [0, 0.1) is 11.6 Å². The van der Waals surface area contributed by atoms with Crippen LogP contribution in [0.4, 0.5) is 14.5 Å². The first kappa shape index (κ1) is 14.6. The third-order valence-corrected chi connectivity index (χ3v) is 3.13. The number of hydrogen-bond acceptors (Lipinski definition) is 3. The third-order valence-electron chi connectivity index (χ3n) is 2.16. The van der Waals surface area contributed by atoms with Crippen LogP contribution < -0.4 is 5.32 Å². The van der Waals surface area contributed by atoms with E-state index in [4.69, 9.17) is 5.11 Å². The Morgan fingerprint density at radius 1 is 1.44 bits per heavy atom. The maximum Gasteiger partial charge on any atom is 0.335 e. The minimum Gasteiger partial charge on any atom is -0.478 e. The largest absolute Gasteiger partial charge is 0.478 e. The zero-order valence-electron chi connectivity index (χ0n) is 9.87. The van der Waals surface area contributed by atoms with E-state index in [0.717, 1.165) is 12.1 Å². The molecule has 1 rings (SSSR count). The normalized spacial score (nSPS) is 14.0. The molecule has 2 N–H and O–H groups in total. The molecule has 0 amide bonds. The highest BCUT2D eigenvalue weighted by atomic mass is 32.2. The molecule has 1 aromatic rings. The van der Waals surface area contributed by atoms with Crippen LogP contribution in [0.5, 0.6) is 0 Å². The van der Waals surface area contributed by atoms with E-state index < -0.39 is 45.7 Å². The minimum absolute atomic E-state index is 0.236. The molecule has 0 aliphatic carbocycles. The van der Waals surface area contributed by atoms with Gasteiger partial charge in [0, 0.05) is 28.9 Å². The summed E-state index contributed by atoms with van der Waals surface area (Å²) in [5.41, 5.74) is -0.861. The van der Waals surface area contributed by atoms with Crippen LogP contribution in [0.2, 0.25) is 0 Å². The summed E-state index contributed by atoms with van der Waals surface area (Å²) in [4.78, 5) is 10.6. The first-order chi connectivity index (χ1) is 8.31. The Labute approximate surface area is 105 Å².